The second kappa shape index (κ2) is 35.3. The average molecular weight is 1160 g/mol. The molecule has 0 spiro atoms. The van der Waals surface area contributed by atoms with Crippen molar-refractivity contribution in [1.29, 1.82) is 0 Å². The van der Waals surface area contributed by atoms with Crippen molar-refractivity contribution in [2.45, 2.75) is 316 Å². The van der Waals surface area contributed by atoms with Crippen molar-refractivity contribution in [3.05, 3.63) is 108 Å². The van der Waals surface area contributed by atoms with E-state index < -0.39 is 22.6 Å². The van der Waals surface area contributed by atoms with Crippen LogP contribution in [0.1, 0.15) is 278 Å². The predicted octanol–water partition coefficient (Wildman–Crippen LogP) is 26.1. The molecule has 0 fully saturated rings. The molecule has 2 heterocycles. The van der Waals surface area contributed by atoms with Crippen LogP contribution in [0.3, 0.4) is 0 Å². The van der Waals surface area contributed by atoms with E-state index in [1.54, 1.807) is 66.8 Å². The lowest BCUT2D eigenvalue weighted by atomic mass is 10.0. The lowest BCUT2D eigenvalue weighted by Gasteiger charge is -2.60. The number of aromatic nitrogens is 2. The van der Waals surface area contributed by atoms with E-state index in [1.165, 1.54) is 260 Å². The topological polar surface area (TPSA) is 9.86 Å². The Bertz CT molecular complexity index is 2890. The Morgan fingerprint density at radius 2 is 0.598 bits per heavy atom. The maximum absolute atomic E-state index is 3.53. The van der Waals surface area contributed by atoms with E-state index in [0.29, 0.717) is 0 Å². The molecular weight excluding hydrogens is 1040 g/mol. The Morgan fingerprint density at radius 1 is 0.256 bits per heavy atom. The molecule has 7 aromatic rings. The van der Waals surface area contributed by atoms with Crippen molar-refractivity contribution in [2.24, 2.45) is 0 Å². The van der Waals surface area contributed by atoms with Crippen LogP contribution in [0.2, 0.25) is 36.3 Å². The van der Waals surface area contributed by atoms with Crippen LogP contribution in [0.25, 0.3) is 54.4 Å². The highest BCUT2D eigenvalue weighted by Crippen LogP contribution is 2.54. The van der Waals surface area contributed by atoms with Crippen LogP contribution in [0.4, 0.5) is 0 Å². The van der Waals surface area contributed by atoms with Crippen molar-refractivity contribution in [3.8, 4) is 0 Å². The fourth-order valence-electron chi connectivity index (χ4n) is 16.4. The summed E-state index contributed by atoms with van der Waals surface area (Å²) in [6, 6.07) is 50.4. The highest BCUT2D eigenvalue weighted by Gasteiger charge is 2.67. The third kappa shape index (κ3) is 16.0. The highest BCUT2D eigenvalue weighted by molar-refractivity contribution is 7.69. The van der Waals surface area contributed by atoms with Crippen LogP contribution in [0.5, 0.6) is 0 Å². The smallest absolute Gasteiger partial charge is 0.151 e. The van der Waals surface area contributed by atoms with Gasteiger partial charge in [-0.2, -0.15) is 0 Å². The van der Waals surface area contributed by atoms with E-state index in [2.05, 4.69) is 161 Å². The number of hydrogen-bond donors (Lipinski definition) is 0. The molecule has 2 aromatic heterocycles. The van der Waals surface area contributed by atoms with Gasteiger partial charge < -0.3 is 8.47 Å². The van der Waals surface area contributed by atoms with Gasteiger partial charge in [0.25, 0.3) is 0 Å². The average Bonchev–Trinajstić information content (AvgIpc) is 3.33. The molecule has 0 saturated carbocycles. The van der Waals surface area contributed by atoms with E-state index in [-0.39, 0.29) is 0 Å². The molecule has 0 N–H and O–H groups in total. The van der Waals surface area contributed by atoms with Gasteiger partial charge in [0.2, 0.25) is 0 Å². The van der Waals surface area contributed by atoms with Crippen LogP contribution < -0.4 is 0 Å². The molecule has 0 bridgehead atoms. The van der Waals surface area contributed by atoms with Crippen LogP contribution in [-0.4, -0.2) is 31.1 Å². The molecule has 5 aromatic carbocycles. The summed E-state index contributed by atoms with van der Waals surface area (Å²) >= 11 is 0. The number of hydrogen-bond acceptors (Lipinski definition) is 0. The Hall–Kier alpha value is -3.39. The van der Waals surface area contributed by atoms with E-state index in [9.17, 15) is 0 Å². The largest absolute Gasteiger partial charge is 0.370 e. The fraction of sp³-hybridized carbons (Fsp3) is 0.636. The summed E-state index contributed by atoms with van der Waals surface area (Å²) in [5.74, 6) is 0. The second-order valence-corrected chi connectivity index (χ2v) is 49.6. The molecule has 0 aliphatic rings. The molecular formula is C77H122N2Si3. The first-order valence-electron chi connectivity index (χ1n) is 35.9. The molecule has 0 aliphatic heterocycles. The van der Waals surface area contributed by atoms with Gasteiger partial charge in [-0.3, -0.25) is 0 Å². The molecule has 0 amide bonds. The van der Waals surface area contributed by atoms with Crippen molar-refractivity contribution in [1.82, 2.24) is 8.47 Å². The Kier molecular flexibility index (Phi) is 28.5. The van der Waals surface area contributed by atoms with Gasteiger partial charge in [-0.1, -0.05) is 340 Å². The summed E-state index contributed by atoms with van der Waals surface area (Å²) in [6.07, 6.45) is 47.6. The van der Waals surface area contributed by atoms with Crippen molar-refractivity contribution in [3.63, 3.8) is 0 Å². The normalized spacial score (nSPS) is 13.9. The molecule has 0 saturated heterocycles. The molecule has 2 atom stereocenters. The first kappa shape index (κ1) is 66.1. The number of para-hydroxylation sites is 1. The predicted molar refractivity (Wildman–Crippen MR) is 378 cm³/mol. The summed E-state index contributed by atoms with van der Waals surface area (Å²) in [6.45, 7) is 19.5. The lowest BCUT2D eigenvalue weighted by molar-refractivity contribution is 0.618. The zero-order valence-corrected chi connectivity index (χ0v) is 57.6. The van der Waals surface area contributed by atoms with E-state index in [0.717, 1.165) is 0 Å². The second-order valence-electron chi connectivity index (χ2n) is 26.6. The molecule has 2 nitrogen and oxygen atoms in total. The highest BCUT2D eigenvalue weighted by atomic mass is 29.6. The monoisotopic (exact) mass is 1160 g/mol. The van der Waals surface area contributed by atoms with Crippen LogP contribution >= 0.6 is 0 Å². The molecule has 82 heavy (non-hydrogen) atoms. The van der Waals surface area contributed by atoms with Crippen molar-refractivity contribution < 1.29 is 0 Å². The zero-order valence-electron chi connectivity index (χ0n) is 54.6. The summed E-state index contributed by atoms with van der Waals surface area (Å²) in [5.41, 5.74) is 9.78. The van der Waals surface area contributed by atoms with Gasteiger partial charge in [0.1, 0.15) is 0 Å². The first-order chi connectivity index (χ1) is 40.4. The molecule has 7 rings (SSSR count). The minimum atomic E-state index is -2.66. The Morgan fingerprint density at radius 3 is 1.05 bits per heavy atom. The van der Waals surface area contributed by atoms with Gasteiger partial charge in [0.15, 0.2) is 15.5 Å². The van der Waals surface area contributed by atoms with Gasteiger partial charge in [-0.15, -0.1) is 0 Å². The lowest BCUT2D eigenvalue weighted by Crippen LogP contribution is -2.82. The van der Waals surface area contributed by atoms with Crippen LogP contribution in [-0.2, 0) is 12.8 Å². The quantitative estimate of drug-likeness (QED) is 0.0266. The SMILES string of the molecule is CCCCCCCC[Si](CCCCCCC)(n1c2ccccc2c2cc3ccccc3cc21)[Si](CCCCCCC)(CCCCCCC)[Si](CCCCCC)(CCCCCCC)n1c2cc(CCC)ccc2c2ccc(CCCC)cc21. The van der Waals surface area contributed by atoms with Crippen molar-refractivity contribution in [2.75, 3.05) is 0 Å². The number of fused-ring (bicyclic) bond motifs is 7. The minimum Gasteiger partial charge on any atom is -0.370 e. The number of rotatable bonds is 45. The molecule has 452 valence electrons. The minimum absolute atomic E-state index is 1.17. The Labute approximate surface area is 506 Å². The zero-order chi connectivity index (χ0) is 57.9. The summed E-state index contributed by atoms with van der Waals surface area (Å²) in [5, 5.41) is 9.10. The van der Waals surface area contributed by atoms with Gasteiger partial charge >= 0.3 is 0 Å². The fourth-order valence-corrected chi connectivity index (χ4v) is 67.7. The van der Waals surface area contributed by atoms with Gasteiger partial charge in [-0.05, 0) is 95.7 Å². The van der Waals surface area contributed by atoms with E-state index in [4.69, 9.17) is 0 Å². The Balaban J connectivity index is 1.77. The van der Waals surface area contributed by atoms with Crippen molar-refractivity contribution >= 4 is 77.0 Å². The third-order valence-corrected chi connectivity index (χ3v) is 60.4. The van der Waals surface area contributed by atoms with E-state index >= 15 is 0 Å². The molecule has 0 radical (unpaired) electrons. The first-order valence-corrected chi connectivity index (χ1v) is 45.0. The number of aryl methyl sites for hydroxylation is 2. The van der Waals surface area contributed by atoms with Crippen LogP contribution in [0.15, 0.2) is 97.1 Å². The molecule has 0 aliphatic carbocycles. The number of nitrogens with zero attached hydrogens (tertiary/aromatic N) is 2. The van der Waals surface area contributed by atoms with Gasteiger partial charge in [0, 0.05) is 43.6 Å². The van der Waals surface area contributed by atoms with Crippen LogP contribution in [0, 0.1) is 0 Å². The third-order valence-electron chi connectivity index (χ3n) is 20.6. The standard InChI is InChI=1S/C77H122N2Si3/c1-9-17-24-30-35-43-58-80(57-41-31-25-18-10-2,78-74-51-39-38-50-70(74)73-64-68-48-36-37-49-69(68)65-77(73)78)82(60-44-33-27-20-12-4,61-45-34-28-21-13-5)81(56-40-29-22-14-6,59-42-32-26-19-11-3)79-75-62-66(46-16-8)52-54-71(75)72-55-53-67(47-23-15-7)63-76(72)79/h36-39,48-55,62-65H,9-35,40-47,56-61H2,1-8H3. The summed E-state index contributed by atoms with van der Waals surface area (Å²) in [7, 11) is -7.88. The molecule has 2 unspecified atom stereocenters. The van der Waals surface area contributed by atoms with Gasteiger partial charge in [0.05, 0.1) is 7.11 Å². The maximum Gasteiger partial charge on any atom is 0.151 e. The number of benzene rings is 5. The molecule has 5 heteroatoms. The number of unbranched alkanes of at least 4 members (excludes halogenated alkanes) is 25. The van der Waals surface area contributed by atoms with Gasteiger partial charge in [-0.25, -0.2) is 0 Å². The summed E-state index contributed by atoms with van der Waals surface area (Å²) < 4.78 is 7.01. The maximum atomic E-state index is 3.53. The summed E-state index contributed by atoms with van der Waals surface area (Å²) in [4.78, 5) is 0. The van der Waals surface area contributed by atoms with E-state index in [1.807, 2.05) is 0 Å².